The van der Waals surface area contributed by atoms with E-state index in [-0.39, 0.29) is 5.91 Å². The molecule has 0 radical (unpaired) electrons. The molecule has 0 fully saturated rings. The second-order valence-corrected chi connectivity index (χ2v) is 3.88. The third kappa shape index (κ3) is 2.75. The van der Waals surface area contributed by atoms with Gasteiger partial charge >= 0.3 is 0 Å². The lowest BCUT2D eigenvalue weighted by Gasteiger charge is -2.13. The van der Waals surface area contributed by atoms with Crippen molar-refractivity contribution < 1.29 is 4.79 Å². The Balaban J connectivity index is 2.88. The predicted octanol–water partition coefficient (Wildman–Crippen LogP) is 1.61. The molecule has 1 N–H and O–H groups in total. The number of carbonyl (C=O) groups is 1. The third-order valence-corrected chi connectivity index (χ3v) is 2.47. The topological polar surface area (TPSA) is 32.3 Å². The van der Waals surface area contributed by atoms with E-state index in [1.807, 2.05) is 30.5 Å². The van der Waals surface area contributed by atoms with Crippen molar-refractivity contribution in [2.24, 2.45) is 0 Å². The maximum Gasteiger partial charge on any atom is 0.266 e. The van der Waals surface area contributed by atoms with Crippen LogP contribution in [0.2, 0.25) is 0 Å². The Bertz CT molecular complexity index is 326. The smallest absolute Gasteiger partial charge is 0.266 e. The van der Waals surface area contributed by atoms with E-state index in [1.165, 1.54) is 0 Å². The molecular weight excluding hydrogens is 196 g/mol. The largest absolute Gasteiger partial charge is 0.285 e. The van der Waals surface area contributed by atoms with Crippen molar-refractivity contribution in [3.8, 4) is 0 Å². The van der Waals surface area contributed by atoms with Crippen LogP contribution >= 0.6 is 11.8 Å². The number of rotatable bonds is 3. The van der Waals surface area contributed by atoms with Gasteiger partial charge in [-0.1, -0.05) is 12.1 Å². The summed E-state index contributed by atoms with van der Waals surface area (Å²) in [5, 5.41) is 1.64. The van der Waals surface area contributed by atoms with Crippen LogP contribution in [0.25, 0.3) is 0 Å². The lowest BCUT2D eigenvalue weighted by Crippen LogP contribution is -2.36. The van der Waals surface area contributed by atoms with E-state index in [0.29, 0.717) is 5.56 Å². The molecule has 1 rings (SSSR count). The summed E-state index contributed by atoms with van der Waals surface area (Å²) in [5.41, 5.74) is 3.43. The van der Waals surface area contributed by atoms with Crippen LogP contribution in [0.1, 0.15) is 10.4 Å². The highest BCUT2D eigenvalue weighted by Crippen LogP contribution is 2.19. The summed E-state index contributed by atoms with van der Waals surface area (Å²) >= 11 is 1.57. The Morgan fingerprint density at radius 2 is 2.00 bits per heavy atom. The molecule has 0 saturated carbocycles. The number of nitrogens with one attached hydrogen (secondary N) is 1. The van der Waals surface area contributed by atoms with Gasteiger partial charge in [0.2, 0.25) is 0 Å². The zero-order valence-electron chi connectivity index (χ0n) is 8.57. The Kier molecular flexibility index (Phi) is 3.98. The minimum absolute atomic E-state index is 0.0695. The van der Waals surface area contributed by atoms with Gasteiger partial charge in [-0.05, 0) is 18.4 Å². The standard InChI is InChI=1S/C10H14N2OS/c1-12(2)11-10(13)8-6-4-5-7-9(8)14-3/h4-7H,1-3H3,(H,11,13). The monoisotopic (exact) mass is 210 g/mol. The van der Waals surface area contributed by atoms with E-state index in [2.05, 4.69) is 5.43 Å². The van der Waals surface area contributed by atoms with Gasteiger partial charge in [-0.25, -0.2) is 5.01 Å². The van der Waals surface area contributed by atoms with Crippen molar-refractivity contribution in [3.63, 3.8) is 0 Å². The molecule has 0 bridgehead atoms. The van der Waals surface area contributed by atoms with Crippen molar-refractivity contribution in [2.45, 2.75) is 4.90 Å². The van der Waals surface area contributed by atoms with Gasteiger partial charge in [0.25, 0.3) is 5.91 Å². The maximum absolute atomic E-state index is 11.7. The molecule has 0 aromatic heterocycles. The van der Waals surface area contributed by atoms with Crippen LogP contribution in [-0.4, -0.2) is 31.3 Å². The fourth-order valence-electron chi connectivity index (χ4n) is 1.10. The fourth-order valence-corrected chi connectivity index (χ4v) is 1.69. The first kappa shape index (κ1) is 11.1. The van der Waals surface area contributed by atoms with Crippen LogP contribution in [0, 0.1) is 0 Å². The predicted molar refractivity (Wildman–Crippen MR) is 59.4 cm³/mol. The van der Waals surface area contributed by atoms with E-state index in [9.17, 15) is 4.79 Å². The van der Waals surface area contributed by atoms with Crippen LogP contribution in [0.5, 0.6) is 0 Å². The van der Waals surface area contributed by atoms with E-state index in [1.54, 1.807) is 30.9 Å². The van der Waals surface area contributed by atoms with Gasteiger partial charge in [0.1, 0.15) is 0 Å². The summed E-state index contributed by atoms with van der Waals surface area (Å²) in [7, 11) is 3.58. The molecule has 0 spiro atoms. The summed E-state index contributed by atoms with van der Waals surface area (Å²) in [6, 6.07) is 7.56. The molecule has 0 saturated heterocycles. The van der Waals surface area contributed by atoms with E-state index in [0.717, 1.165) is 4.90 Å². The molecule has 0 atom stereocenters. The summed E-state index contributed by atoms with van der Waals surface area (Å²) < 4.78 is 0. The number of benzene rings is 1. The number of hydrazine groups is 1. The van der Waals surface area contributed by atoms with Gasteiger partial charge in [-0.15, -0.1) is 11.8 Å². The van der Waals surface area contributed by atoms with Crippen LogP contribution in [-0.2, 0) is 0 Å². The Morgan fingerprint density at radius 1 is 1.36 bits per heavy atom. The molecule has 0 aliphatic rings. The Hall–Kier alpha value is -1.00. The molecule has 0 aliphatic carbocycles. The molecule has 0 aliphatic heterocycles. The first-order valence-corrected chi connectivity index (χ1v) is 5.49. The molecular formula is C10H14N2OS. The van der Waals surface area contributed by atoms with Gasteiger partial charge in [-0.3, -0.25) is 10.2 Å². The fraction of sp³-hybridized carbons (Fsp3) is 0.300. The van der Waals surface area contributed by atoms with Gasteiger partial charge in [-0.2, -0.15) is 0 Å². The third-order valence-electron chi connectivity index (χ3n) is 1.68. The van der Waals surface area contributed by atoms with Gasteiger partial charge in [0.15, 0.2) is 0 Å². The molecule has 3 nitrogen and oxygen atoms in total. The first-order valence-electron chi connectivity index (χ1n) is 4.26. The summed E-state index contributed by atoms with van der Waals surface area (Å²) in [5.74, 6) is -0.0695. The SMILES string of the molecule is CSc1ccccc1C(=O)NN(C)C. The van der Waals surface area contributed by atoms with Crippen molar-refractivity contribution in [2.75, 3.05) is 20.4 Å². The molecule has 1 aromatic rings. The lowest BCUT2D eigenvalue weighted by molar-refractivity contribution is 0.0854. The molecule has 14 heavy (non-hydrogen) atoms. The van der Waals surface area contributed by atoms with Crippen LogP contribution in [0.4, 0.5) is 0 Å². The van der Waals surface area contributed by atoms with E-state index in [4.69, 9.17) is 0 Å². The lowest BCUT2D eigenvalue weighted by atomic mass is 10.2. The zero-order chi connectivity index (χ0) is 10.6. The zero-order valence-corrected chi connectivity index (χ0v) is 9.39. The van der Waals surface area contributed by atoms with Crippen LogP contribution < -0.4 is 5.43 Å². The highest BCUT2D eigenvalue weighted by atomic mass is 32.2. The second-order valence-electron chi connectivity index (χ2n) is 3.04. The number of amides is 1. The molecule has 0 heterocycles. The number of thioether (sulfide) groups is 1. The number of hydrogen-bond donors (Lipinski definition) is 1. The van der Waals surface area contributed by atoms with E-state index >= 15 is 0 Å². The van der Waals surface area contributed by atoms with Gasteiger partial charge in [0, 0.05) is 19.0 Å². The number of nitrogens with zero attached hydrogens (tertiary/aromatic N) is 1. The first-order chi connectivity index (χ1) is 6.65. The highest BCUT2D eigenvalue weighted by Gasteiger charge is 2.09. The highest BCUT2D eigenvalue weighted by molar-refractivity contribution is 7.98. The quantitative estimate of drug-likeness (QED) is 0.607. The summed E-state index contributed by atoms with van der Waals surface area (Å²) in [6.07, 6.45) is 1.96. The van der Waals surface area contributed by atoms with Gasteiger partial charge in [0.05, 0.1) is 5.56 Å². The molecule has 4 heteroatoms. The van der Waals surface area contributed by atoms with Gasteiger partial charge < -0.3 is 0 Å². The van der Waals surface area contributed by atoms with Crippen LogP contribution in [0.3, 0.4) is 0 Å². The second kappa shape index (κ2) is 5.02. The summed E-state index contributed by atoms with van der Waals surface area (Å²) in [4.78, 5) is 12.7. The average molecular weight is 210 g/mol. The summed E-state index contributed by atoms with van der Waals surface area (Å²) in [6.45, 7) is 0. The van der Waals surface area contributed by atoms with Crippen molar-refractivity contribution in [3.05, 3.63) is 29.8 Å². The number of carbonyl (C=O) groups excluding carboxylic acids is 1. The van der Waals surface area contributed by atoms with E-state index < -0.39 is 0 Å². The minimum Gasteiger partial charge on any atom is -0.285 e. The molecule has 1 amide bonds. The van der Waals surface area contributed by atoms with Crippen molar-refractivity contribution >= 4 is 17.7 Å². The Morgan fingerprint density at radius 3 is 2.57 bits per heavy atom. The molecule has 1 aromatic carbocycles. The number of hydrogen-bond acceptors (Lipinski definition) is 3. The van der Waals surface area contributed by atoms with Crippen LogP contribution in [0.15, 0.2) is 29.2 Å². The van der Waals surface area contributed by atoms with Crippen molar-refractivity contribution in [1.82, 2.24) is 10.4 Å². The maximum atomic E-state index is 11.7. The average Bonchev–Trinajstić information content (AvgIpc) is 2.16. The minimum atomic E-state index is -0.0695. The van der Waals surface area contributed by atoms with Crippen molar-refractivity contribution in [1.29, 1.82) is 0 Å². The molecule has 76 valence electrons. The molecule has 0 unspecified atom stereocenters. The normalized spacial score (nSPS) is 10.3. The Labute approximate surface area is 88.5 Å².